The van der Waals surface area contributed by atoms with Crippen LogP contribution in [0.15, 0.2) is 218 Å². The predicted octanol–water partition coefficient (Wildman–Crippen LogP) is 14.5. The average molecular weight is 713 g/mol. The van der Waals surface area contributed by atoms with Gasteiger partial charge in [-0.1, -0.05) is 176 Å². The lowest BCUT2D eigenvalue weighted by Crippen LogP contribution is -1.98. The second kappa shape index (κ2) is 13.2. The molecular formula is C54H36N2. The molecule has 11 aromatic rings. The first-order valence-electron chi connectivity index (χ1n) is 19.3. The number of benzene rings is 9. The quantitative estimate of drug-likeness (QED) is 0.162. The van der Waals surface area contributed by atoms with E-state index in [1.807, 2.05) is 0 Å². The molecule has 0 aliphatic carbocycles. The number of fused-ring (bicyclic) bond motifs is 6. The van der Waals surface area contributed by atoms with Gasteiger partial charge in [-0.3, -0.25) is 0 Å². The standard InChI is InChI=1S/C54H36N2/c1-4-18-37(19-5-1)39-32-35-52-48(36-39)45-27-13-16-30-50(45)56(52)49-29-15-12-26-44(49)42-24-10-11-25-43(42)46-34-33-41(38-20-6-2-7-21-38)54-53(46)47-28-14-17-31-51(47)55(54)40-22-8-3-9-23-40/h1-36H. The third-order valence-electron chi connectivity index (χ3n) is 11.3. The Balaban J connectivity index is 1.19. The molecule has 2 heteroatoms. The largest absolute Gasteiger partial charge is 0.309 e. The van der Waals surface area contributed by atoms with Gasteiger partial charge in [0.2, 0.25) is 0 Å². The highest BCUT2D eigenvalue weighted by Gasteiger charge is 2.23. The molecule has 2 heterocycles. The molecule has 56 heavy (non-hydrogen) atoms. The summed E-state index contributed by atoms with van der Waals surface area (Å²) >= 11 is 0. The Bertz CT molecular complexity index is 3220. The summed E-state index contributed by atoms with van der Waals surface area (Å²) in [6, 6.07) is 79.4. The van der Waals surface area contributed by atoms with Gasteiger partial charge in [0, 0.05) is 38.4 Å². The number of hydrogen-bond donors (Lipinski definition) is 0. The minimum absolute atomic E-state index is 1.15. The number of aromatic nitrogens is 2. The molecule has 9 aromatic carbocycles. The molecule has 0 unspecified atom stereocenters. The highest BCUT2D eigenvalue weighted by Crippen LogP contribution is 2.46. The van der Waals surface area contributed by atoms with Gasteiger partial charge >= 0.3 is 0 Å². The van der Waals surface area contributed by atoms with Gasteiger partial charge in [0.25, 0.3) is 0 Å². The van der Waals surface area contributed by atoms with Gasteiger partial charge < -0.3 is 9.13 Å². The van der Waals surface area contributed by atoms with Gasteiger partial charge in [0.05, 0.1) is 27.8 Å². The fraction of sp³-hybridized carbons (Fsp3) is 0. The maximum atomic E-state index is 2.46. The highest BCUT2D eigenvalue weighted by molar-refractivity contribution is 6.20. The van der Waals surface area contributed by atoms with Gasteiger partial charge in [-0.05, 0) is 75.8 Å². The minimum atomic E-state index is 1.15. The minimum Gasteiger partial charge on any atom is -0.309 e. The van der Waals surface area contributed by atoms with Gasteiger partial charge in [-0.2, -0.15) is 0 Å². The van der Waals surface area contributed by atoms with Crippen molar-refractivity contribution in [1.82, 2.24) is 9.13 Å². The van der Waals surface area contributed by atoms with Crippen LogP contribution in [-0.2, 0) is 0 Å². The third-order valence-corrected chi connectivity index (χ3v) is 11.3. The van der Waals surface area contributed by atoms with Crippen LogP contribution < -0.4 is 0 Å². The van der Waals surface area contributed by atoms with Gasteiger partial charge in [0.1, 0.15) is 0 Å². The zero-order valence-electron chi connectivity index (χ0n) is 30.7. The molecular weight excluding hydrogens is 677 g/mol. The molecule has 0 aliphatic heterocycles. The fourth-order valence-electron chi connectivity index (χ4n) is 8.91. The van der Waals surface area contributed by atoms with Crippen LogP contribution in [0.4, 0.5) is 0 Å². The summed E-state index contributed by atoms with van der Waals surface area (Å²) < 4.78 is 4.91. The van der Waals surface area contributed by atoms with E-state index in [4.69, 9.17) is 0 Å². The second-order valence-electron chi connectivity index (χ2n) is 14.5. The Morgan fingerprint density at radius 3 is 1.52 bits per heavy atom. The second-order valence-corrected chi connectivity index (χ2v) is 14.5. The Hall–Kier alpha value is -7.42. The van der Waals surface area contributed by atoms with Crippen molar-refractivity contribution in [2.45, 2.75) is 0 Å². The topological polar surface area (TPSA) is 9.86 Å². The van der Waals surface area contributed by atoms with E-state index in [0.29, 0.717) is 0 Å². The summed E-state index contributed by atoms with van der Waals surface area (Å²) in [4.78, 5) is 0. The van der Waals surface area contributed by atoms with Crippen molar-refractivity contribution in [2.75, 3.05) is 0 Å². The van der Waals surface area contributed by atoms with E-state index < -0.39 is 0 Å². The van der Waals surface area contributed by atoms with Crippen molar-refractivity contribution in [3.63, 3.8) is 0 Å². The van der Waals surface area contributed by atoms with Crippen molar-refractivity contribution in [2.24, 2.45) is 0 Å². The van der Waals surface area contributed by atoms with Crippen molar-refractivity contribution in [3.05, 3.63) is 218 Å². The Labute approximate surface area is 325 Å². The summed E-state index contributed by atoms with van der Waals surface area (Å²) in [5.74, 6) is 0. The molecule has 0 N–H and O–H groups in total. The maximum Gasteiger partial charge on any atom is 0.0625 e. The molecule has 2 aromatic heterocycles. The Kier molecular flexibility index (Phi) is 7.53. The van der Waals surface area contributed by atoms with Crippen LogP contribution in [0.5, 0.6) is 0 Å². The van der Waals surface area contributed by atoms with Crippen molar-refractivity contribution in [1.29, 1.82) is 0 Å². The lowest BCUT2D eigenvalue weighted by Gasteiger charge is -2.18. The summed E-state index contributed by atoms with van der Waals surface area (Å²) in [6.07, 6.45) is 0. The third kappa shape index (κ3) is 5.04. The summed E-state index contributed by atoms with van der Waals surface area (Å²) in [7, 11) is 0. The first-order chi connectivity index (χ1) is 27.8. The monoisotopic (exact) mass is 712 g/mol. The Morgan fingerprint density at radius 1 is 0.268 bits per heavy atom. The smallest absolute Gasteiger partial charge is 0.0625 e. The molecule has 0 aliphatic rings. The van der Waals surface area contributed by atoms with Crippen LogP contribution in [0.1, 0.15) is 0 Å². The molecule has 0 amide bonds. The van der Waals surface area contributed by atoms with E-state index in [1.54, 1.807) is 0 Å². The van der Waals surface area contributed by atoms with Crippen LogP contribution in [0.2, 0.25) is 0 Å². The van der Waals surface area contributed by atoms with E-state index in [1.165, 1.54) is 88.1 Å². The van der Waals surface area contributed by atoms with Gasteiger partial charge in [0.15, 0.2) is 0 Å². The molecule has 0 bridgehead atoms. The lowest BCUT2D eigenvalue weighted by atomic mass is 9.89. The average Bonchev–Trinajstić information content (AvgIpc) is 3.80. The first-order valence-corrected chi connectivity index (χ1v) is 19.3. The first kappa shape index (κ1) is 32.0. The molecule has 0 saturated carbocycles. The fourth-order valence-corrected chi connectivity index (χ4v) is 8.91. The number of rotatable bonds is 6. The predicted molar refractivity (Wildman–Crippen MR) is 237 cm³/mol. The zero-order valence-corrected chi connectivity index (χ0v) is 30.7. The van der Waals surface area contributed by atoms with Crippen LogP contribution in [0, 0.1) is 0 Å². The zero-order chi connectivity index (χ0) is 37.0. The molecule has 2 nitrogen and oxygen atoms in total. The molecule has 0 radical (unpaired) electrons. The summed E-state index contributed by atoms with van der Waals surface area (Å²) in [5.41, 5.74) is 16.7. The number of nitrogens with zero attached hydrogens (tertiary/aromatic N) is 2. The molecule has 11 rings (SSSR count). The van der Waals surface area contributed by atoms with E-state index in [-0.39, 0.29) is 0 Å². The highest BCUT2D eigenvalue weighted by atomic mass is 15.0. The Morgan fingerprint density at radius 2 is 0.786 bits per heavy atom. The van der Waals surface area contributed by atoms with Gasteiger partial charge in [-0.15, -0.1) is 0 Å². The van der Waals surface area contributed by atoms with Crippen LogP contribution in [0.3, 0.4) is 0 Å². The molecule has 0 saturated heterocycles. The summed E-state index contributed by atoms with van der Waals surface area (Å²) in [6.45, 7) is 0. The molecule has 262 valence electrons. The number of para-hydroxylation sites is 4. The SMILES string of the molecule is c1ccc(-c2ccc3c(c2)c2ccccc2n3-c2ccccc2-c2ccccc2-c2ccc(-c3ccccc3)c3c2c2ccccc2n3-c2ccccc2)cc1. The van der Waals surface area contributed by atoms with E-state index >= 15 is 0 Å². The van der Waals surface area contributed by atoms with Crippen LogP contribution in [-0.4, -0.2) is 9.13 Å². The van der Waals surface area contributed by atoms with Crippen LogP contribution >= 0.6 is 0 Å². The molecule has 0 atom stereocenters. The van der Waals surface area contributed by atoms with Gasteiger partial charge in [-0.25, -0.2) is 0 Å². The molecule has 0 fully saturated rings. The normalized spacial score (nSPS) is 11.6. The number of hydrogen-bond acceptors (Lipinski definition) is 0. The van der Waals surface area contributed by atoms with Crippen LogP contribution in [0.25, 0.3) is 99.5 Å². The van der Waals surface area contributed by atoms with Crippen molar-refractivity contribution >= 4 is 43.6 Å². The summed E-state index contributed by atoms with van der Waals surface area (Å²) in [5, 5.41) is 4.98. The van der Waals surface area contributed by atoms with Crippen molar-refractivity contribution in [3.8, 4) is 55.9 Å². The van der Waals surface area contributed by atoms with E-state index in [2.05, 4.69) is 228 Å². The maximum absolute atomic E-state index is 2.46. The van der Waals surface area contributed by atoms with Crippen molar-refractivity contribution < 1.29 is 0 Å². The lowest BCUT2D eigenvalue weighted by molar-refractivity contribution is 1.18. The van der Waals surface area contributed by atoms with E-state index in [9.17, 15) is 0 Å². The van der Waals surface area contributed by atoms with E-state index in [0.717, 1.165) is 11.4 Å². The molecule has 0 spiro atoms.